The van der Waals surface area contributed by atoms with Gasteiger partial charge in [-0.15, -0.1) is 13.2 Å². The second-order valence-electron chi connectivity index (χ2n) is 5.43. The third-order valence-corrected chi connectivity index (χ3v) is 2.92. The molecule has 0 unspecified atom stereocenters. The Morgan fingerprint density at radius 3 is 1.82 bits per heavy atom. The monoisotopic (exact) mass is 387 g/mol. The van der Waals surface area contributed by atoms with Gasteiger partial charge in [-0.1, -0.05) is 50.1 Å². The van der Waals surface area contributed by atoms with Crippen molar-refractivity contribution in [1.29, 1.82) is 0 Å². The molecule has 0 bridgehead atoms. The van der Waals surface area contributed by atoms with Gasteiger partial charge in [0.25, 0.3) is 0 Å². The molecule has 0 saturated carbocycles. The van der Waals surface area contributed by atoms with E-state index in [1.807, 2.05) is 57.2 Å². The Labute approximate surface area is 171 Å². The molecular weight excluding hydrogens is 350 g/mol. The molecule has 2 rings (SSSR count). The van der Waals surface area contributed by atoms with Gasteiger partial charge in [-0.2, -0.15) is 0 Å². The number of hydrogen-bond donors (Lipinski definition) is 3. The molecule has 0 saturated heterocycles. The minimum Gasteiger partial charge on any atom is -0.399 e. The normalized spacial score (nSPS) is 8.00. The number of aryl methyl sites for hydroxylation is 1. The van der Waals surface area contributed by atoms with Crippen molar-refractivity contribution in [2.75, 3.05) is 24.6 Å². The molecule has 2 aromatic carbocycles. The van der Waals surface area contributed by atoms with Crippen molar-refractivity contribution in [1.82, 2.24) is 5.32 Å². The summed E-state index contributed by atoms with van der Waals surface area (Å²) in [5.74, 6) is 0. The van der Waals surface area contributed by atoms with Crippen molar-refractivity contribution >= 4 is 24.6 Å². The highest BCUT2D eigenvalue weighted by Gasteiger charge is 1.90. The van der Waals surface area contributed by atoms with Crippen LogP contribution in [0.15, 0.2) is 61.7 Å². The second-order valence-corrected chi connectivity index (χ2v) is 5.43. The molecule has 156 valence electrons. The van der Waals surface area contributed by atoms with E-state index in [0.717, 1.165) is 24.3 Å². The van der Waals surface area contributed by atoms with Gasteiger partial charge >= 0.3 is 0 Å². The van der Waals surface area contributed by atoms with Gasteiger partial charge in [-0.3, -0.25) is 4.79 Å². The fourth-order valence-electron chi connectivity index (χ4n) is 1.67. The van der Waals surface area contributed by atoms with Crippen LogP contribution < -0.4 is 16.4 Å². The van der Waals surface area contributed by atoms with Crippen molar-refractivity contribution in [3.63, 3.8) is 0 Å². The van der Waals surface area contributed by atoms with E-state index >= 15 is 0 Å². The van der Waals surface area contributed by atoms with Crippen LogP contribution in [-0.2, 0) is 16.0 Å². The van der Waals surface area contributed by atoms with E-state index in [-0.39, 0.29) is 0 Å². The zero-order chi connectivity index (χ0) is 22.2. The number of carbonyl (C=O) groups is 2. The van der Waals surface area contributed by atoms with Crippen LogP contribution in [0.1, 0.15) is 31.4 Å². The summed E-state index contributed by atoms with van der Waals surface area (Å²) < 4.78 is 0. The first-order chi connectivity index (χ1) is 13.6. The number of nitrogens with two attached hydrogens (primary N) is 1. The third-order valence-electron chi connectivity index (χ3n) is 2.92. The fourth-order valence-corrected chi connectivity index (χ4v) is 1.67. The maximum atomic E-state index is 9.95. The Morgan fingerprint density at radius 1 is 0.964 bits per heavy atom. The summed E-state index contributed by atoms with van der Waals surface area (Å²) >= 11 is 0. The summed E-state index contributed by atoms with van der Waals surface area (Å²) in [5, 5.41) is 5.65. The van der Waals surface area contributed by atoms with Crippen molar-refractivity contribution in [3.8, 4) is 0 Å². The molecule has 0 aliphatic rings. The lowest BCUT2D eigenvalue weighted by atomic mass is 10.1. The summed E-state index contributed by atoms with van der Waals surface area (Å²) in [6.45, 7) is 15.3. The first-order valence-electron chi connectivity index (χ1n) is 9.12. The zero-order valence-corrected chi connectivity index (χ0v) is 17.8. The molecule has 0 radical (unpaired) electrons. The van der Waals surface area contributed by atoms with Crippen molar-refractivity contribution in [3.05, 3.63) is 72.8 Å². The van der Waals surface area contributed by atoms with Gasteiger partial charge in [0.1, 0.15) is 6.79 Å². The van der Waals surface area contributed by atoms with Crippen LogP contribution in [0.3, 0.4) is 0 Å². The zero-order valence-electron chi connectivity index (χ0n) is 17.8. The minimum atomic E-state index is 0.671. The number of anilines is 2. The standard InChI is InChI=1S/C9H14N2.C8H9NO.C3H8.C2H4.CH2O/c1-11-7-6-8-2-4-9(10)5-3-8;1-7-2-4-8(5-3-7)9-6-10;1-3-2;2*1-2/h2-5,11H,6-7,10H2,1H3;2-6H,1H3,(H,9,10);3H2,1-2H3;1-2H2;1H2. The highest BCUT2D eigenvalue weighted by atomic mass is 16.1. The minimum absolute atomic E-state index is 0.671. The number of nitrogens with one attached hydrogen (secondary N) is 2. The van der Waals surface area contributed by atoms with Crippen molar-refractivity contribution in [2.45, 2.75) is 33.6 Å². The topological polar surface area (TPSA) is 84.2 Å². The molecule has 28 heavy (non-hydrogen) atoms. The molecule has 0 spiro atoms. The molecule has 2 aromatic rings. The average molecular weight is 388 g/mol. The van der Waals surface area contributed by atoms with Gasteiger partial charge in [0.15, 0.2) is 0 Å². The lowest BCUT2D eigenvalue weighted by Gasteiger charge is -2.00. The molecule has 1 amide bonds. The molecule has 0 aromatic heterocycles. The summed E-state index contributed by atoms with van der Waals surface area (Å²) in [6, 6.07) is 15.6. The fraction of sp³-hybridized carbons (Fsp3) is 0.304. The van der Waals surface area contributed by atoms with Crippen LogP contribution in [0, 0.1) is 6.92 Å². The van der Waals surface area contributed by atoms with Crippen LogP contribution in [0.4, 0.5) is 11.4 Å². The maximum absolute atomic E-state index is 9.95. The van der Waals surface area contributed by atoms with Gasteiger partial charge in [-0.25, -0.2) is 0 Å². The molecule has 4 N–H and O–H groups in total. The first-order valence-corrected chi connectivity index (χ1v) is 9.12. The maximum Gasteiger partial charge on any atom is 0.211 e. The molecule has 0 fully saturated rings. The molecule has 0 aliphatic carbocycles. The molecular formula is C23H37N3O2. The van der Waals surface area contributed by atoms with Crippen LogP contribution in [0.25, 0.3) is 0 Å². The summed E-state index contributed by atoms with van der Waals surface area (Å²) in [6.07, 6.45) is 2.99. The summed E-state index contributed by atoms with van der Waals surface area (Å²) in [7, 11) is 1.96. The molecule has 0 atom stereocenters. The Morgan fingerprint density at radius 2 is 1.43 bits per heavy atom. The van der Waals surface area contributed by atoms with E-state index in [1.165, 1.54) is 17.5 Å². The van der Waals surface area contributed by atoms with E-state index in [9.17, 15) is 4.79 Å². The lowest BCUT2D eigenvalue weighted by molar-refractivity contribution is -0.105. The average Bonchev–Trinajstić information content (AvgIpc) is 2.74. The number of rotatable bonds is 5. The smallest absolute Gasteiger partial charge is 0.211 e. The number of amides is 1. The van der Waals surface area contributed by atoms with Crippen LogP contribution in [0.2, 0.25) is 0 Å². The third kappa shape index (κ3) is 19.4. The first kappa shape index (κ1) is 29.8. The lowest BCUT2D eigenvalue weighted by Crippen LogP contribution is -2.10. The predicted molar refractivity (Wildman–Crippen MR) is 124 cm³/mol. The highest BCUT2D eigenvalue weighted by molar-refractivity contribution is 5.70. The van der Waals surface area contributed by atoms with E-state index in [4.69, 9.17) is 10.5 Å². The van der Waals surface area contributed by atoms with Gasteiger partial charge in [0.05, 0.1) is 0 Å². The van der Waals surface area contributed by atoms with Crippen LogP contribution >= 0.6 is 0 Å². The predicted octanol–water partition coefficient (Wildman–Crippen LogP) is 4.63. The number of likely N-dealkylation sites (N-methyl/N-ethyl adjacent to an activating group) is 1. The summed E-state index contributed by atoms with van der Waals surface area (Å²) in [4.78, 5) is 17.9. The van der Waals surface area contributed by atoms with Crippen LogP contribution in [-0.4, -0.2) is 26.8 Å². The van der Waals surface area contributed by atoms with Crippen molar-refractivity contribution < 1.29 is 9.59 Å². The van der Waals surface area contributed by atoms with E-state index in [1.54, 1.807) is 0 Å². The summed E-state index contributed by atoms with van der Waals surface area (Å²) in [5.41, 5.74) is 9.72. The van der Waals surface area contributed by atoms with Gasteiger partial charge in [0, 0.05) is 11.4 Å². The van der Waals surface area contributed by atoms with E-state index < -0.39 is 0 Å². The Kier molecular flexibility index (Phi) is 25.7. The van der Waals surface area contributed by atoms with E-state index in [0.29, 0.717) is 6.41 Å². The molecule has 5 nitrogen and oxygen atoms in total. The highest BCUT2D eigenvalue weighted by Crippen LogP contribution is 2.06. The number of benzene rings is 2. The molecule has 5 heteroatoms. The van der Waals surface area contributed by atoms with Gasteiger partial charge in [-0.05, 0) is 56.8 Å². The quantitative estimate of drug-likeness (QED) is 0.397. The molecule has 0 aliphatic heterocycles. The number of hydrogen-bond acceptors (Lipinski definition) is 4. The second kappa shape index (κ2) is 24.1. The Bertz CT molecular complexity index is 567. The Balaban J connectivity index is -0.000000340. The Hall–Kier alpha value is -2.92. The van der Waals surface area contributed by atoms with Gasteiger partial charge < -0.3 is 21.2 Å². The van der Waals surface area contributed by atoms with Crippen LogP contribution in [0.5, 0.6) is 0 Å². The van der Waals surface area contributed by atoms with E-state index in [2.05, 4.69) is 49.8 Å². The van der Waals surface area contributed by atoms with Crippen molar-refractivity contribution in [2.24, 2.45) is 0 Å². The number of nitrogen functional groups attached to an aromatic ring is 1. The SMILES string of the molecule is C=C.C=O.CCC.CNCCc1ccc(N)cc1.Cc1ccc(NC=O)cc1. The largest absolute Gasteiger partial charge is 0.399 e. The molecule has 0 heterocycles. The number of carbonyl (C=O) groups excluding carboxylic acids is 2. The van der Waals surface area contributed by atoms with Gasteiger partial charge in [0.2, 0.25) is 6.41 Å².